The maximum absolute atomic E-state index is 5.86. The molecule has 0 atom stereocenters. The Morgan fingerprint density at radius 1 is 1.09 bits per heavy atom. The number of nitrogens with zero attached hydrogens (tertiary/aromatic N) is 5. The molecule has 5 aromatic rings. The molecule has 0 radical (unpaired) electrons. The van der Waals surface area contributed by atoms with Crippen LogP contribution in [0.1, 0.15) is 29.9 Å². The van der Waals surface area contributed by atoms with Gasteiger partial charge in [-0.05, 0) is 43.5 Å². The maximum atomic E-state index is 5.86. The minimum atomic E-state index is 0.122. The molecule has 2 aromatic carbocycles. The van der Waals surface area contributed by atoms with Crippen molar-refractivity contribution >= 4 is 27.2 Å². The summed E-state index contributed by atoms with van der Waals surface area (Å²) in [6.07, 6.45) is 2.91. The summed E-state index contributed by atoms with van der Waals surface area (Å²) in [5.74, 6) is 1.52. The van der Waals surface area contributed by atoms with Crippen molar-refractivity contribution in [3.63, 3.8) is 0 Å². The van der Waals surface area contributed by atoms with Gasteiger partial charge >= 0.3 is 0 Å². The van der Waals surface area contributed by atoms with Gasteiger partial charge < -0.3 is 4.74 Å². The summed E-state index contributed by atoms with van der Waals surface area (Å²) in [5.41, 5.74) is 4.57. The third-order valence-corrected chi connectivity index (χ3v) is 7.09. The standard InChI is InChI=1S/C26H25N5OS/c1-17(2)32-20-10-6-9-19(13-20)24-28-25-23-21-11-12-30(14-18-7-4-3-5-8-18)15-22(21)33-26(23)27-16-31(25)29-24/h3-10,13,16-17H,11-12,14-15H2,1-2H3. The van der Waals surface area contributed by atoms with Crippen molar-refractivity contribution in [2.24, 2.45) is 0 Å². The average molecular weight is 456 g/mol. The van der Waals surface area contributed by atoms with Crippen molar-refractivity contribution < 1.29 is 4.74 Å². The van der Waals surface area contributed by atoms with Gasteiger partial charge in [-0.1, -0.05) is 42.5 Å². The molecule has 166 valence electrons. The summed E-state index contributed by atoms with van der Waals surface area (Å²) in [4.78, 5) is 14.6. The molecular weight excluding hydrogens is 430 g/mol. The Balaban J connectivity index is 1.35. The van der Waals surface area contributed by atoms with E-state index >= 15 is 0 Å². The van der Waals surface area contributed by atoms with E-state index in [1.165, 1.54) is 16.0 Å². The summed E-state index contributed by atoms with van der Waals surface area (Å²) in [6.45, 7) is 7.01. The van der Waals surface area contributed by atoms with Gasteiger partial charge in [0.1, 0.15) is 16.9 Å². The number of hydrogen-bond acceptors (Lipinski definition) is 6. The molecule has 33 heavy (non-hydrogen) atoms. The highest BCUT2D eigenvalue weighted by Gasteiger charge is 2.24. The molecule has 7 heteroatoms. The highest BCUT2D eigenvalue weighted by atomic mass is 32.1. The summed E-state index contributed by atoms with van der Waals surface area (Å²) >= 11 is 1.79. The van der Waals surface area contributed by atoms with Crippen LogP contribution in [0.4, 0.5) is 0 Å². The normalized spacial score (nSPS) is 14.3. The van der Waals surface area contributed by atoms with Gasteiger partial charge in [0.15, 0.2) is 11.5 Å². The van der Waals surface area contributed by atoms with E-state index in [9.17, 15) is 0 Å². The van der Waals surface area contributed by atoms with Crippen molar-refractivity contribution in [1.82, 2.24) is 24.5 Å². The van der Waals surface area contributed by atoms with Gasteiger partial charge in [-0.3, -0.25) is 4.90 Å². The largest absolute Gasteiger partial charge is 0.491 e. The topological polar surface area (TPSA) is 55.6 Å². The molecule has 0 N–H and O–H groups in total. The molecular formula is C26H25N5OS. The Kier molecular flexibility index (Phi) is 5.08. The van der Waals surface area contributed by atoms with Crippen LogP contribution in [-0.4, -0.2) is 37.1 Å². The molecule has 6 nitrogen and oxygen atoms in total. The Labute approximate surface area is 196 Å². The summed E-state index contributed by atoms with van der Waals surface area (Å²) < 4.78 is 7.67. The van der Waals surface area contributed by atoms with Crippen LogP contribution in [0.2, 0.25) is 0 Å². The Bertz CT molecular complexity index is 1440. The second kappa shape index (κ2) is 8.24. The zero-order valence-corrected chi connectivity index (χ0v) is 19.5. The first kappa shape index (κ1) is 20.3. The quantitative estimate of drug-likeness (QED) is 0.357. The molecule has 0 bridgehead atoms. The SMILES string of the molecule is CC(C)Oc1cccc(-c2nc3c4c5c(sc4ncn3n2)CN(Cc2ccccc2)CC5)c1. The first-order chi connectivity index (χ1) is 16.1. The van der Waals surface area contributed by atoms with E-state index in [0.29, 0.717) is 5.82 Å². The van der Waals surface area contributed by atoms with Gasteiger partial charge in [0.25, 0.3) is 0 Å². The average Bonchev–Trinajstić information content (AvgIpc) is 3.40. The molecule has 1 aliphatic heterocycles. The second-order valence-electron chi connectivity index (χ2n) is 8.77. The van der Waals surface area contributed by atoms with Crippen LogP contribution in [-0.2, 0) is 19.5 Å². The first-order valence-electron chi connectivity index (χ1n) is 11.3. The lowest BCUT2D eigenvalue weighted by Crippen LogP contribution is -2.29. The number of benzene rings is 2. The highest BCUT2D eigenvalue weighted by molar-refractivity contribution is 7.19. The van der Waals surface area contributed by atoms with Crippen LogP contribution in [0.15, 0.2) is 60.9 Å². The van der Waals surface area contributed by atoms with E-state index in [-0.39, 0.29) is 6.10 Å². The van der Waals surface area contributed by atoms with Crippen LogP contribution in [0, 0.1) is 0 Å². The van der Waals surface area contributed by atoms with E-state index < -0.39 is 0 Å². The van der Waals surface area contributed by atoms with Gasteiger partial charge in [0.2, 0.25) is 0 Å². The van der Waals surface area contributed by atoms with Crippen molar-refractivity contribution in [2.75, 3.05) is 6.54 Å². The zero-order valence-electron chi connectivity index (χ0n) is 18.7. The monoisotopic (exact) mass is 455 g/mol. The second-order valence-corrected chi connectivity index (χ2v) is 9.86. The van der Waals surface area contributed by atoms with Crippen LogP contribution in [0.3, 0.4) is 0 Å². The van der Waals surface area contributed by atoms with Crippen LogP contribution in [0.25, 0.3) is 27.3 Å². The molecule has 0 saturated heterocycles. The number of fused-ring (bicyclic) bond motifs is 5. The fourth-order valence-corrected chi connectivity index (χ4v) is 5.75. The third-order valence-electron chi connectivity index (χ3n) is 5.97. The van der Waals surface area contributed by atoms with E-state index in [1.807, 2.05) is 42.6 Å². The first-order valence-corrected chi connectivity index (χ1v) is 12.1. The third kappa shape index (κ3) is 3.87. The predicted molar refractivity (Wildman–Crippen MR) is 132 cm³/mol. The molecule has 3 aromatic heterocycles. The fraction of sp³-hybridized carbons (Fsp3) is 0.269. The summed E-state index contributed by atoms with van der Waals surface area (Å²) in [5, 5.41) is 5.89. The van der Waals surface area contributed by atoms with Crippen LogP contribution in [0.5, 0.6) is 5.75 Å². The summed E-state index contributed by atoms with van der Waals surface area (Å²) in [7, 11) is 0. The smallest absolute Gasteiger partial charge is 0.182 e. The Morgan fingerprint density at radius 3 is 2.82 bits per heavy atom. The van der Waals surface area contributed by atoms with E-state index in [1.54, 1.807) is 17.7 Å². The molecule has 4 heterocycles. The van der Waals surface area contributed by atoms with Gasteiger partial charge in [-0.15, -0.1) is 16.4 Å². The highest BCUT2D eigenvalue weighted by Crippen LogP contribution is 2.37. The lowest BCUT2D eigenvalue weighted by atomic mass is 10.0. The molecule has 6 rings (SSSR count). The van der Waals surface area contributed by atoms with Crippen molar-refractivity contribution in [1.29, 1.82) is 0 Å². The summed E-state index contributed by atoms with van der Waals surface area (Å²) in [6, 6.07) is 18.7. The maximum Gasteiger partial charge on any atom is 0.182 e. The van der Waals surface area contributed by atoms with Crippen LogP contribution >= 0.6 is 11.3 Å². The molecule has 0 fully saturated rings. The van der Waals surface area contributed by atoms with E-state index in [0.717, 1.165) is 53.2 Å². The van der Waals surface area contributed by atoms with Gasteiger partial charge in [0, 0.05) is 30.1 Å². The minimum Gasteiger partial charge on any atom is -0.491 e. The molecule has 0 saturated carbocycles. The molecule has 0 aliphatic carbocycles. The molecule has 0 spiro atoms. The molecule has 0 amide bonds. The van der Waals surface area contributed by atoms with Gasteiger partial charge in [0.05, 0.1) is 11.5 Å². The lowest BCUT2D eigenvalue weighted by Gasteiger charge is -2.26. The predicted octanol–water partition coefficient (Wildman–Crippen LogP) is 5.35. The fourth-order valence-electron chi connectivity index (χ4n) is 4.52. The van der Waals surface area contributed by atoms with E-state index in [2.05, 4.69) is 35.2 Å². The Hall–Kier alpha value is -3.29. The minimum absolute atomic E-state index is 0.122. The Morgan fingerprint density at radius 2 is 1.97 bits per heavy atom. The number of aromatic nitrogens is 4. The zero-order chi connectivity index (χ0) is 22.4. The lowest BCUT2D eigenvalue weighted by molar-refractivity contribution is 0.242. The van der Waals surface area contributed by atoms with Crippen molar-refractivity contribution in [3.05, 3.63) is 76.9 Å². The van der Waals surface area contributed by atoms with Crippen molar-refractivity contribution in [3.8, 4) is 17.1 Å². The van der Waals surface area contributed by atoms with Gasteiger partial charge in [-0.25, -0.2) is 14.5 Å². The van der Waals surface area contributed by atoms with Crippen LogP contribution < -0.4 is 4.74 Å². The van der Waals surface area contributed by atoms with Crippen molar-refractivity contribution in [2.45, 2.75) is 39.5 Å². The number of thiophene rings is 1. The van der Waals surface area contributed by atoms with Gasteiger partial charge in [-0.2, -0.15) is 0 Å². The molecule has 0 unspecified atom stereocenters. The number of hydrogen-bond donors (Lipinski definition) is 0. The number of ether oxygens (including phenoxy) is 1. The molecule has 1 aliphatic rings. The van der Waals surface area contributed by atoms with E-state index in [4.69, 9.17) is 19.8 Å². The number of rotatable bonds is 5.